The Kier molecular flexibility index (Phi) is 1.68. The zero-order valence-corrected chi connectivity index (χ0v) is 9.28. The molecule has 2 aromatic rings. The van der Waals surface area contributed by atoms with E-state index in [-0.39, 0.29) is 5.82 Å². The van der Waals surface area contributed by atoms with E-state index in [2.05, 4.69) is 29.6 Å². The van der Waals surface area contributed by atoms with Crippen molar-refractivity contribution in [1.29, 1.82) is 0 Å². The lowest BCUT2D eigenvalue weighted by atomic mass is 9.96. The molecule has 2 aromatic carbocycles. The lowest BCUT2D eigenvalue weighted by Gasteiger charge is -2.11. The van der Waals surface area contributed by atoms with E-state index >= 15 is 0 Å². The predicted octanol–water partition coefficient (Wildman–Crippen LogP) is 3.63. The Hall–Kier alpha value is -1.83. The zero-order valence-electron chi connectivity index (χ0n) is 9.28. The van der Waals surface area contributed by atoms with Gasteiger partial charge in [-0.25, -0.2) is 4.39 Å². The molecule has 0 aromatic heterocycles. The number of hydrogen-bond donors (Lipinski definition) is 1. The van der Waals surface area contributed by atoms with Gasteiger partial charge in [0.15, 0.2) is 0 Å². The predicted molar refractivity (Wildman–Crippen MR) is 65.7 cm³/mol. The molecule has 1 N–H and O–H groups in total. The van der Waals surface area contributed by atoms with Gasteiger partial charge in [0, 0.05) is 11.6 Å². The summed E-state index contributed by atoms with van der Waals surface area (Å²) >= 11 is 0. The van der Waals surface area contributed by atoms with Gasteiger partial charge in [0.05, 0.1) is 6.04 Å². The van der Waals surface area contributed by atoms with Crippen LogP contribution in [0.15, 0.2) is 42.5 Å². The van der Waals surface area contributed by atoms with Gasteiger partial charge in [-0.2, -0.15) is 0 Å². The van der Waals surface area contributed by atoms with Crippen molar-refractivity contribution in [2.75, 3.05) is 5.32 Å². The van der Waals surface area contributed by atoms with E-state index < -0.39 is 0 Å². The fraction of sp³-hybridized carbons (Fsp3) is 0.200. The van der Waals surface area contributed by atoms with Gasteiger partial charge in [0.25, 0.3) is 0 Å². The van der Waals surface area contributed by atoms with Gasteiger partial charge < -0.3 is 5.32 Å². The number of hydrogen-bond acceptors (Lipinski definition) is 1. The van der Waals surface area contributed by atoms with Crippen LogP contribution in [0, 0.1) is 5.82 Å². The summed E-state index contributed by atoms with van der Waals surface area (Å²) in [6.07, 6.45) is 1.02. The Labute approximate surface area is 99.3 Å². The first-order valence-corrected chi connectivity index (χ1v) is 5.97. The van der Waals surface area contributed by atoms with E-state index in [0.717, 1.165) is 17.7 Å². The molecular formula is C15H12FN. The van der Waals surface area contributed by atoms with Crippen LogP contribution in [0.3, 0.4) is 0 Å². The second-order valence-corrected chi connectivity index (χ2v) is 4.86. The third-order valence-corrected chi connectivity index (χ3v) is 3.96. The molecule has 0 saturated heterocycles. The molecular weight excluding hydrogens is 213 g/mol. The van der Waals surface area contributed by atoms with Crippen LogP contribution in [0.1, 0.15) is 28.7 Å². The highest BCUT2D eigenvalue weighted by molar-refractivity contribution is 5.64. The van der Waals surface area contributed by atoms with Crippen LogP contribution < -0.4 is 5.32 Å². The molecule has 0 bridgehead atoms. The van der Waals surface area contributed by atoms with Crippen LogP contribution in [0.2, 0.25) is 0 Å². The van der Waals surface area contributed by atoms with Crippen molar-refractivity contribution in [2.45, 2.75) is 18.4 Å². The highest BCUT2D eigenvalue weighted by atomic mass is 19.1. The molecule has 1 aliphatic heterocycles. The Bertz CT molecular complexity index is 606. The maximum atomic E-state index is 13.3. The lowest BCUT2D eigenvalue weighted by molar-refractivity contribution is 0.619. The summed E-state index contributed by atoms with van der Waals surface area (Å²) in [5.74, 6) is 0.264. The normalized spacial score (nSPS) is 23.8. The van der Waals surface area contributed by atoms with E-state index in [9.17, 15) is 4.39 Å². The SMILES string of the molecule is Fc1ccc2c(c1)[C@@H]1Cc3ccccc3[C@@H]1N2. The molecule has 0 fully saturated rings. The zero-order chi connectivity index (χ0) is 11.4. The molecule has 0 amide bonds. The Morgan fingerprint density at radius 1 is 1.06 bits per heavy atom. The second kappa shape index (κ2) is 3.10. The van der Waals surface area contributed by atoms with E-state index in [1.54, 1.807) is 6.07 Å². The molecule has 1 aliphatic carbocycles. The number of fused-ring (bicyclic) bond motifs is 5. The summed E-state index contributed by atoms with van der Waals surface area (Å²) in [5.41, 5.74) is 4.99. The van der Waals surface area contributed by atoms with Crippen LogP contribution >= 0.6 is 0 Å². The van der Waals surface area contributed by atoms with Gasteiger partial charge in [0.2, 0.25) is 0 Å². The summed E-state index contributed by atoms with van der Waals surface area (Å²) < 4.78 is 13.3. The molecule has 17 heavy (non-hydrogen) atoms. The third kappa shape index (κ3) is 1.18. The number of rotatable bonds is 0. The molecule has 1 nitrogen and oxygen atoms in total. The van der Waals surface area contributed by atoms with Crippen molar-refractivity contribution in [2.24, 2.45) is 0 Å². The largest absolute Gasteiger partial charge is 0.377 e. The summed E-state index contributed by atoms with van der Waals surface area (Å²) in [6, 6.07) is 13.9. The molecule has 2 heteroatoms. The van der Waals surface area contributed by atoms with E-state index in [1.165, 1.54) is 17.2 Å². The monoisotopic (exact) mass is 225 g/mol. The van der Waals surface area contributed by atoms with Crippen molar-refractivity contribution in [3.05, 3.63) is 65.0 Å². The lowest BCUT2D eigenvalue weighted by Crippen LogP contribution is -2.05. The molecule has 0 saturated carbocycles. The molecule has 0 spiro atoms. The van der Waals surface area contributed by atoms with Crippen molar-refractivity contribution < 1.29 is 4.39 Å². The fourth-order valence-electron chi connectivity index (χ4n) is 3.20. The summed E-state index contributed by atoms with van der Waals surface area (Å²) in [4.78, 5) is 0. The minimum atomic E-state index is -0.137. The van der Waals surface area contributed by atoms with Crippen molar-refractivity contribution >= 4 is 5.69 Å². The first-order valence-electron chi connectivity index (χ1n) is 5.97. The highest BCUT2D eigenvalue weighted by Crippen LogP contribution is 2.51. The Balaban J connectivity index is 1.85. The van der Waals surface area contributed by atoms with E-state index in [4.69, 9.17) is 0 Å². The second-order valence-electron chi connectivity index (χ2n) is 4.86. The summed E-state index contributed by atoms with van der Waals surface area (Å²) in [6.45, 7) is 0. The van der Waals surface area contributed by atoms with Crippen LogP contribution in [-0.2, 0) is 6.42 Å². The number of anilines is 1. The Morgan fingerprint density at radius 3 is 2.88 bits per heavy atom. The van der Waals surface area contributed by atoms with Gasteiger partial charge in [-0.05, 0) is 41.3 Å². The van der Waals surface area contributed by atoms with Crippen LogP contribution in [0.5, 0.6) is 0 Å². The maximum Gasteiger partial charge on any atom is 0.123 e. The first-order chi connectivity index (χ1) is 8.33. The topological polar surface area (TPSA) is 12.0 Å². The number of halogens is 1. The smallest absolute Gasteiger partial charge is 0.123 e. The van der Waals surface area contributed by atoms with Gasteiger partial charge in [0.1, 0.15) is 5.82 Å². The van der Waals surface area contributed by atoms with Gasteiger partial charge in [-0.1, -0.05) is 24.3 Å². The summed E-state index contributed by atoms with van der Waals surface area (Å²) in [5, 5.41) is 3.51. The van der Waals surface area contributed by atoms with Crippen LogP contribution in [-0.4, -0.2) is 0 Å². The molecule has 2 aliphatic rings. The Morgan fingerprint density at radius 2 is 1.94 bits per heavy atom. The number of nitrogens with one attached hydrogen (secondary N) is 1. The van der Waals surface area contributed by atoms with Crippen molar-refractivity contribution in [1.82, 2.24) is 0 Å². The first kappa shape index (κ1) is 9.23. The minimum Gasteiger partial charge on any atom is -0.377 e. The molecule has 1 heterocycles. The summed E-state index contributed by atoms with van der Waals surface area (Å²) in [7, 11) is 0. The van der Waals surface area contributed by atoms with E-state index in [1.807, 2.05) is 6.07 Å². The average Bonchev–Trinajstić information content (AvgIpc) is 2.85. The third-order valence-electron chi connectivity index (χ3n) is 3.96. The van der Waals surface area contributed by atoms with Crippen LogP contribution in [0.4, 0.5) is 10.1 Å². The van der Waals surface area contributed by atoms with Gasteiger partial charge in [-0.3, -0.25) is 0 Å². The maximum absolute atomic E-state index is 13.3. The standard InChI is InChI=1S/C15H12FN/c16-10-5-6-14-12(8-10)13-7-9-3-1-2-4-11(9)15(13)17-14/h1-6,8,13,15,17H,7H2/t13-,15-/m0/s1. The molecule has 2 atom stereocenters. The van der Waals surface area contributed by atoms with Gasteiger partial charge in [-0.15, -0.1) is 0 Å². The van der Waals surface area contributed by atoms with Gasteiger partial charge >= 0.3 is 0 Å². The minimum absolute atomic E-state index is 0.137. The molecule has 0 unspecified atom stereocenters. The number of benzene rings is 2. The average molecular weight is 225 g/mol. The molecule has 0 radical (unpaired) electrons. The molecule has 84 valence electrons. The quantitative estimate of drug-likeness (QED) is 0.722. The molecule has 4 rings (SSSR count). The fourth-order valence-corrected chi connectivity index (χ4v) is 3.20. The van der Waals surface area contributed by atoms with Crippen molar-refractivity contribution in [3.8, 4) is 0 Å². The van der Waals surface area contributed by atoms with E-state index in [0.29, 0.717) is 12.0 Å². The van der Waals surface area contributed by atoms with Crippen LogP contribution in [0.25, 0.3) is 0 Å². The highest BCUT2D eigenvalue weighted by Gasteiger charge is 2.39. The van der Waals surface area contributed by atoms with Crippen molar-refractivity contribution in [3.63, 3.8) is 0 Å².